The zero-order valence-corrected chi connectivity index (χ0v) is 24.6. The molecular weight excluding hydrogens is 573 g/mol. The predicted octanol–water partition coefficient (Wildman–Crippen LogP) is 8.59. The van der Waals surface area contributed by atoms with Crippen molar-refractivity contribution in [3.05, 3.63) is 88.7 Å². The third-order valence-electron chi connectivity index (χ3n) is 6.69. The number of nitrogens with one attached hydrogen (secondary N) is 3. The van der Waals surface area contributed by atoms with Gasteiger partial charge in [0, 0.05) is 40.7 Å². The van der Waals surface area contributed by atoms with Gasteiger partial charge in [-0.3, -0.25) is 10.3 Å². The number of halogens is 2. The van der Waals surface area contributed by atoms with E-state index in [0.717, 1.165) is 16.5 Å². The molecule has 0 fully saturated rings. The lowest BCUT2D eigenvalue weighted by atomic mass is 9.92. The number of amides is 2. The molecule has 0 saturated heterocycles. The van der Waals surface area contributed by atoms with Crippen LogP contribution in [0.1, 0.15) is 26.5 Å². The quantitative estimate of drug-likeness (QED) is 0.187. The summed E-state index contributed by atoms with van der Waals surface area (Å²) in [6.07, 6.45) is 3.46. The smallest absolute Gasteiger partial charge is 0.324 e. The fraction of sp³-hybridized carbons (Fsp3) is 0.161. The summed E-state index contributed by atoms with van der Waals surface area (Å²) in [6.45, 7) is 6.77. The molecule has 9 nitrogen and oxygen atoms in total. The molecule has 5 aromatic rings. The number of carbonyl (C=O) groups excluding carboxylic acids is 1. The Balaban J connectivity index is 1.29. The molecule has 0 radical (unpaired) electrons. The summed E-state index contributed by atoms with van der Waals surface area (Å²) in [5, 5.41) is 16.3. The van der Waals surface area contributed by atoms with Gasteiger partial charge in [0.1, 0.15) is 17.3 Å². The fourth-order valence-electron chi connectivity index (χ4n) is 4.56. The van der Waals surface area contributed by atoms with E-state index in [9.17, 15) is 4.79 Å². The highest BCUT2D eigenvalue weighted by Crippen LogP contribution is 2.41. The Morgan fingerprint density at radius 2 is 1.76 bits per heavy atom. The van der Waals surface area contributed by atoms with Crippen molar-refractivity contribution in [1.82, 2.24) is 14.8 Å². The van der Waals surface area contributed by atoms with Crippen LogP contribution in [-0.4, -0.2) is 33.6 Å². The lowest BCUT2D eigenvalue weighted by Crippen LogP contribution is -2.21. The number of anilines is 3. The van der Waals surface area contributed by atoms with Gasteiger partial charge in [-0.05, 0) is 30.3 Å². The van der Waals surface area contributed by atoms with Gasteiger partial charge in [0.2, 0.25) is 0 Å². The fourth-order valence-corrected chi connectivity index (χ4v) is 4.85. The Kier molecular flexibility index (Phi) is 7.22. The standard InChI is InChI=1S/C31H27Cl2N7O2/c1-31(2,3)26-17-27(40(39-26)18-8-9-21(32)22(33)16-18)38-30(41)37-23-10-11-24(20-7-5-4-6-19(20)23)42-25-12-13-35-29-28(25)34-14-15-36-29/h4-14,16-17H,15H2,1-3H3,(H,35,36)(H2,37,38,41). The molecule has 42 heavy (non-hydrogen) atoms. The lowest BCUT2D eigenvalue weighted by molar-refractivity contribution is 0.262. The summed E-state index contributed by atoms with van der Waals surface area (Å²) in [4.78, 5) is 22.1. The minimum Gasteiger partial charge on any atom is -0.454 e. The van der Waals surface area contributed by atoms with E-state index in [1.807, 2.05) is 42.5 Å². The highest BCUT2D eigenvalue weighted by atomic mass is 35.5. The summed E-state index contributed by atoms with van der Waals surface area (Å²) < 4.78 is 7.95. The molecule has 0 saturated carbocycles. The highest BCUT2D eigenvalue weighted by molar-refractivity contribution is 6.42. The van der Waals surface area contributed by atoms with Crippen LogP contribution < -0.4 is 20.7 Å². The number of carbonyl (C=O) groups is 1. The molecule has 2 aromatic heterocycles. The summed E-state index contributed by atoms with van der Waals surface area (Å²) in [5.41, 5.74) is 2.47. The number of aliphatic imine (C=N–C) groups is 1. The first kappa shape index (κ1) is 27.6. The molecule has 3 heterocycles. The Hall–Kier alpha value is -4.60. The molecule has 3 aromatic carbocycles. The summed E-state index contributed by atoms with van der Waals surface area (Å²) in [7, 11) is 0. The first-order valence-electron chi connectivity index (χ1n) is 13.3. The SMILES string of the molecule is CC(C)(C)c1cc(NC(=O)Nc2ccc(Oc3ccnc4c3N=CCN4)c3ccccc23)n(-c2ccc(Cl)c(Cl)c2)n1. The Morgan fingerprint density at radius 1 is 0.952 bits per heavy atom. The van der Waals surface area contributed by atoms with Crippen LogP contribution in [0.4, 0.5) is 27.8 Å². The maximum absolute atomic E-state index is 13.4. The van der Waals surface area contributed by atoms with Crippen molar-refractivity contribution in [2.24, 2.45) is 4.99 Å². The van der Waals surface area contributed by atoms with Crippen LogP contribution in [0.15, 0.2) is 77.9 Å². The average Bonchev–Trinajstić information content (AvgIpc) is 3.40. The number of nitrogens with zero attached hydrogens (tertiary/aromatic N) is 4. The van der Waals surface area contributed by atoms with Gasteiger partial charge in [0.25, 0.3) is 0 Å². The van der Waals surface area contributed by atoms with Gasteiger partial charge in [0.15, 0.2) is 11.6 Å². The number of rotatable bonds is 5. The second kappa shape index (κ2) is 11.0. The zero-order valence-electron chi connectivity index (χ0n) is 23.1. The number of pyridine rings is 1. The van der Waals surface area contributed by atoms with Crippen LogP contribution in [0.2, 0.25) is 10.0 Å². The normalized spacial score (nSPS) is 12.5. The first-order chi connectivity index (χ1) is 20.2. The summed E-state index contributed by atoms with van der Waals surface area (Å²) in [5.74, 6) is 2.36. The van der Waals surface area contributed by atoms with Crippen LogP contribution in [0, 0.1) is 0 Å². The molecule has 0 spiro atoms. The Labute approximate surface area is 252 Å². The van der Waals surface area contributed by atoms with Crippen molar-refractivity contribution in [3.8, 4) is 17.2 Å². The van der Waals surface area contributed by atoms with E-state index in [1.54, 1.807) is 41.4 Å². The van der Waals surface area contributed by atoms with Crippen LogP contribution in [0.25, 0.3) is 16.5 Å². The summed E-state index contributed by atoms with van der Waals surface area (Å²) in [6, 6.07) is 19.7. The zero-order chi connectivity index (χ0) is 29.4. The predicted molar refractivity (Wildman–Crippen MR) is 170 cm³/mol. The van der Waals surface area contributed by atoms with E-state index in [-0.39, 0.29) is 5.41 Å². The van der Waals surface area contributed by atoms with E-state index in [4.69, 9.17) is 33.0 Å². The molecule has 0 aliphatic carbocycles. The maximum atomic E-state index is 13.4. The minimum absolute atomic E-state index is 0.254. The third-order valence-corrected chi connectivity index (χ3v) is 7.43. The largest absolute Gasteiger partial charge is 0.454 e. The monoisotopic (exact) mass is 599 g/mol. The average molecular weight is 601 g/mol. The van der Waals surface area contributed by atoms with E-state index in [2.05, 4.69) is 46.7 Å². The van der Waals surface area contributed by atoms with Gasteiger partial charge in [-0.2, -0.15) is 5.10 Å². The van der Waals surface area contributed by atoms with E-state index >= 15 is 0 Å². The van der Waals surface area contributed by atoms with Gasteiger partial charge in [-0.1, -0.05) is 68.2 Å². The number of benzene rings is 3. The van der Waals surface area contributed by atoms with Gasteiger partial charge < -0.3 is 15.4 Å². The van der Waals surface area contributed by atoms with E-state index in [1.165, 1.54) is 0 Å². The number of urea groups is 1. The molecule has 2 amide bonds. The molecular formula is C31H27Cl2N7O2. The minimum atomic E-state index is -0.431. The van der Waals surface area contributed by atoms with E-state index in [0.29, 0.717) is 56.8 Å². The van der Waals surface area contributed by atoms with Crippen LogP contribution in [-0.2, 0) is 5.41 Å². The van der Waals surface area contributed by atoms with Crippen molar-refractivity contribution in [2.45, 2.75) is 26.2 Å². The van der Waals surface area contributed by atoms with Crippen LogP contribution in [0.3, 0.4) is 0 Å². The lowest BCUT2D eigenvalue weighted by Gasteiger charge is -2.17. The first-order valence-corrected chi connectivity index (χ1v) is 14.0. The second-order valence-electron chi connectivity index (χ2n) is 10.7. The Bertz CT molecular complexity index is 1860. The van der Waals surface area contributed by atoms with Crippen molar-refractivity contribution >= 4 is 69.2 Å². The molecule has 6 rings (SSSR count). The highest BCUT2D eigenvalue weighted by Gasteiger charge is 2.22. The van der Waals surface area contributed by atoms with Crippen LogP contribution in [0.5, 0.6) is 11.5 Å². The van der Waals surface area contributed by atoms with Crippen molar-refractivity contribution in [3.63, 3.8) is 0 Å². The summed E-state index contributed by atoms with van der Waals surface area (Å²) >= 11 is 12.4. The molecule has 11 heteroatoms. The van der Waals surface area contributed by atoms with Gasteiger partial charge in [-0.15, -0.1) is 0 Å². The topological polar surface area (TPSA) is 105 Å². The molecule has 1 aliphatic heterocycles. The van der Waals surface area contributed by atoms with Gasteiger partial charge in [0.05, 0.1) is 33.7 Å². The van der Waals surface area contributed by atoms with Gasteiger partial charge in [-0.25, -0.2) is 14.5 Å². The molecule has 212 valence electrons. The third kappa shape index (κ3) is 5.48. The Morgan fingerprint density at radius 3 is 2.55 bits per heavy atom. The molecule has 3 N–H and O–H groups in total. The molecule has 1 aliphatic rings. The van der Waals surface area contributed by atoms with Crippen molar-refractivity contribution in [2.75, 3.05) is 22.5 Å². The van der Waals surface area contributed by atoms with Crippen LogP contribution >= 0.6 is 23.2 Å². The van der Waals surface area contributed by atoms with E-state index < -0.39 is 6.03 Å². The molecule has 0 unspecified atom stereocenters. The number of aromatic nitrogens is 3. The number of ether oxygens (including phenoxy) is 1. The number of fused-ring (bicyclic) bond motifs is 2. The van der Waals surface area contributed by atoms with Gasteiger partial charge >= 0.3 is 6.03 Å². The second-order valence-corrected chi connectivity index (χ2v) is 11.5. The molecule has 0 atom stereocenters. The van der Waals surface area contributed by atoms with Crippen molar-refractivity contribution < 1.29 is 9.53 Å². The van der Waals surface area contributed by atoms with Crippen molar-refractivity contribution in [1.29, 1.82) is 0 Å². The number of hydrogen-bond acceptors (Lipinski definition) is 6. The molecule has 0 bridgehead atoms. The number of hydrogen-bond donors (Lipinski definition) is 3. The maximum Gasteiger partial charge on any atom is 0.324 e.